The van der Waals surface area contributed by atoms with Gasteiger partial charge in [-0.3, -0.25) is 14.3 Å². The van der Waals surface area contributed by atoms with E-state index in [1.807, 2.05) is 13.2 Å². The minimum Gasteiger partial charge on any atom is -0.326 e. The number of benzene rings is 1. The van der Waals surface area contributed by atoms with Crippen molar-refractivity contribution in [1.29, 1.82) is 0 Å². The van der Waals surface area contributed by atoms with E-state index in [1.165, 1.54) is 0 Å². The molecule has 2 aromatic heterocycles. The molecule has 0 spiro atoms. The zero-order valence-electron chi connectivity index (χ0n) is 11.4. The number of carbonyl (C=O) groups excluding carboxylic acids is 1. The van der Waals surface area contributed by atoms with E-state index in [9.17, 15) is 9.59 Å². The third-order valence-electron chi connectivity index (χ3n) is 3.10. The molecule has 108 valence electrons. The van der Waals surface area contributed by atoms with Crippen LogP contribution in [-0.4, -0.2) is 20.7 Å². The van der Waals surface area contributed by atoms with Crippen molar-refractivity contribution in [2.75, 3.05) is 5.32 Å². The third kappa shape index (κ3) is 3.19. The Kier molecular flexibility index (Phi) is 3.57. The molecular formula is C14H14N4O2S. The lowest BCUT2D eigenvalue weighted by Crippen LogP contribution is -2.12. The van der Waals surface area contributed by atoms with E-state index < -0.39 is 0 Å². The molecule has 0 aliphatic carbocycles. The third-order valence-corrected chi connectivity index (χ3v) is 3.95. The molecule has 0 bridgehead atoms. The molecule has 21 heavy (non-hydrogen) atoms. The van der Waals surface area contributed by atoms with Gasteiger partial charge in [0.05, 0.1) is 16.4 Å². The molecule has 2 N–H and O–H groups in total. The quantitative estimate of drug-likeness (QED) is 0.772. The summed E-state index contributed by atoms with van der Waals surface area (Å²) in [7, 11) is 1.85. The Morgan fingerprint density at radius 2 is 2.33 bits per heavy atom. The van der Waals surface area contributed by atoms with Gasteiger partial charge in [-0.05, 0) is 30.2 Å². The van der Waals surface area contributed by atoms with Gasteiger partial charge in [-0.2, -0.15) is 5.10 Å². The lowest BCUT2D eigenvalue weighted by molar-refractivity contribution is -0.116. The molecule has 1 aromatic carbocycles. The minimum atomic E-state index is -0.0925. The van der Waals surface area contributed by atoms with Crippen molar-refractivity contribution in [2.45, 2.75) is 12.8 Å². The molecule has 3 rings (SSSR count). The average molecular weight is 302 g/mol. The molecule has 3 aromatic rings. The monoisotopic (exact) mass is 302 g/mol. The minimum absolute atomic E-state index is 0.0546. The standard InChI is InChI=1S/C14H14N4O2S/c1-18-8-9(7-15-18)2-5-13(19)16-10-3-4-11-12(6-10)21-14(20)17-11/h3-4,6-8H,2,5H2,1H3,(H,16,19)(H,17,20). The highest BCUT2D eigenvalue weighted by Gasteiger charge is 2.06. The fourth-order valence-corrected chi connectivity index (χ4v) is 2.88. The summed E-state index contributed by atoms with van der Waals surface area (Å²) in [5.41, 5.74) is 2.53. The number of nitrogens with zero attached hydrogens (tertiary/aromatic N) is 2. The molecule has 1 amide bonds. The summed E-state index contributed by atoms with van der Waals surface area (Å²) >= 11 is 1.13. The van der Waals surface area contributed by atoms with Crippen LogP contribution in [0.1, 0.15) is 12.0 Å². The highest BCUT2D eigenvalue weighted by atomic mass is 32.1. The molecule has 0 atom stereocenters. The highest BCUT2D eigenvalue weighted by molar-refractivity contribution is 7.16. The second kappa shape index (κ2) is 5.53. The summed E-state index contributed by atoms with van der Waals surface area (Å²) in [6.45, 7) is 0. The summed E-state index contributed by atoms with van der Waals surface area (Å²) in [5, 5.41) is 6.91. The Labute approximate surface area is 124 Å². The number of aryl methyl sites for hydroxylation is 2. The van der Waals surface area contributed by atoms with Crippen molar-refractivity contribution < 1.29 is 4.79 Å². The van der Waals surface area contributed by atoms with Gasteiger partial charge in [0.15, 0.2) is 0 Å². The fourth-order valence-electron chi connectivity index (χ4n) is 2.11. The maximum atomic E-state index is 11.9. The Morgan fingerprint density at radius 1 is 1.48 bits per heavy atom. The van der Waals surface area contributed by atoms with Crippen LogP contribution in [0.25, 0.3) is 10.2 Å². The fraction of sp³-hybridized carbons (Fsp3) is 0.214. The van der Waals surface area contributed by atoms with Crippen molar-refractivity contribution >= 4 is 33.1 Å². The van der Waals surface area contributed by atoms with E-state index in [2.05, 4.69) is 15.4 Å². The van der Waals surface area contributed by atoms with Crippen molar-refractivity contribution in [3.8, 4) is 0 Å². The first-order chi connectivity index (χ1) is 10.1. The van der Waals surface area contributed by atoms with E-state index in [0.717, 1.165) is 27.1 Å². The van der Waals surface area contributed by atoms with Gasteiger partial charge >= 0.3 is 4.87 Å². The van der Waals surface area contributed by atoms with Crippen molar-refractivity contribution in [3.05, 3.63) is 45.8 Å². The zero-order valence-corrected chi connectivity index (χ0v) is 12.2. The molecule has 6 nitrogen and oxygen atoms in total. The number of aromatic nitrogens is 3. The number of nitrogens with one attached hydrogen (secondary N) is 2. The molecule has 0 radical (unpaired) electrons. The van der Waals surface area contributed by atoms with Crippen molar-refractivity contribution in [1.82, 2.24) is 14.8 Å². The molecule has 7 heteroatoms. The van der Waals surface area contributed by atoms with Crippen LogP contribution in [0.5, 0.6) is 0 Å². The summed E-state index contributed by atoms with van der Waals surface area (Å²) in [6, 6.07) is 5.39. The number of carbonyl (C=O) groups is 1. The molecule has 0 aliphatic rings. The van der Waals surface area contributed by atoms with Gasteiger partial charge in [-0.1, -0.05) is 11.3 Å². The smallest absolute Gasteiger partial charge is 0.305 e. The summed E-state index contributed by atoms with van der Waals surface area (Å²) in [6.07, 6.45) is 4.71. The molecular weight excluding hydrogens is 288 g/mol. The predicted molar refractivity (Wildman–Crippen MR) is 82.6 cm³/mol. The summed E-state index contributed by atoms with van der Waals surface area (Å²) in [4.78, 5) is 25.8. The number of amides is 1. The normalized spacial score (nSPS) is 10.9. The maximum absolute atomic E-state index is 11.9. The van der Waals surface area contributed by atoms with Crippen LogP contribution in [0.4, 0.5) is 5.69 Å². The lowest BCUT2D eigenvalue weighted by Gasteiger charge is -2.04. The number of aromatic amines is 1. The number of hydrogen-bond acceptors (Lipinski definition) is 4. The van der Waals surface area contributed by atoms with Gasteiger partial charge < -0.3 is 10.3 Å². The van der Waals surface area contributed by atoms with Gasteiger partial charge in [0.25, 0.3) is 0 Å². The zero-order chi connectivity index (χ0) is 14.8. The number of H-pyrrole nitrogens is 1. The molecule has 2 heterocycles. The maximum Gasteiger partial charge on any atom is 0.305 e. The van der Waals surface area contributed by atoms with Crippen LogP contribution in [0.2, 0.25) is 0 Å². The van der Waals surface area contributed by atoms with E-state index >= 15 is 0 Å². The van der Waals surface area contributed by atoms with Crippen LogP contribution in [0.15, 0.2) is 35.4 Å². The van der Waals surface area contributed by atoms with E-state index in [0.29, 0.717) is 18.5 Å². The van der Waals surface area contributed by atoms with Crippen molar-refractivity contribution in [2.24, 2.45) is 7.05 Å². The first kappa shape index (κ1) is 13.6. The number of rotatable bonds is 4. The van der Waals surface area contributed by atoms with Gasteiger partial charge in [-0.25, -0.2) is 0 Å². The lowest BCUT2D eigenvalue weighted by atomic mass is 10.2. The molecule has 0 fully saturated rings. The molecule has 0 aliphatic heterocycles. The summed E-state index contributed by atoms with van der Waals surface area (Å²) in [5.74, 6) is -0.0546. The number of fused-ring (bicyclic) bond motifs is 1. The molecule has 0 saturated carbocycles. The number of anilines is 1. The largest absolute Gasteiger partial charge is 0.326 e. The predicted octanol–water partition coefficient (Wildman–Crippen LogP) is 1.89. The van der Waals surface area contributed by atoms with Crippen LogP contribution >= 0.6 is 11.3 Å². The van der Waals surface area contributed by atoms with E-state index in [-0.39, 0.29) is 10.8 Å². The Morgan fingerprint density at radius 3 is 3.10 bits per heavy atom. The highest BCUT2D eigenvalue weighted by Crippen LogP contribution is 2.19. The SMILES string of the molecule is Cn1cc(CCC(=O)Nc2ccc3[nH]c(=O)sc3c2)cn1. The Bertz CT molecular complexity index is 846. The van der Waals surface area contributed by atoms with Crippen LogP contribution in [0.3, 0.4) is 0 Å². The topological polar surface area (TPSA) is 79.8 Å². The Balaban J connectivity index is 1.64. The van der Waals surface area contributed by atoms with E-state index in [4.69, 9.17) is 0 Å². The first-order valence-corrected chi connectivity index (χ1v) is 7.32. The van der Waals surface area contributed by atoms with Gasteiger partial charge in [0, 0.05) is 25.4 Å². The average Bonchev–Trinajstić information content (AvgIpc) is 3.01. The van der Waals surface area contributed by atoms with Gasteiger partial charge in [0.1, 0.15) is 0 Å². The second-order valence-corrected chi connectivity index (χ2v) is 5.81. The van der Waals surface area contributed by atoms with Crippen LogP contribution in [-0.2, 0) is 18.3 Å². The first-order valence-electron chi connectivity index (χ1n) is 6.50. The molecule has 0 unspecified atom stereocenters. The van der Waals surface area contributed by atoms with Crippen LogP contribution in [0, 0.1) is 0 Å². The Hall–Kier alpha value is -2.41. The second-order valence-electron chi connectivity index (χ2n) is 4.80. The van der Waals surface area contributed by atoms with Crippen LogP contribution < -0.4 is 10.2 Å². The van der Waals surface area contributed by atoms with Crippen molar-refractivity contribution in [3.63, 3.8) is 0 Å². The number of hydrogen-bond donors (Lipinski definition) is 2. The van der Waals surface area contributed by atoms with Gasteiger partial charge in [0.2, 0.25) is 5.91 Å². The summed E-state index contributed by atoms with van der Waals surface area (Å²) < 4.78 is 2.56. The van der Waals surface area contributed by atoms with E-state index in [1.54, 1.807) is 29.1 Å². The van der Waals surface area contributed by atoms with Gasteiger partial charge in [-0.15, -0.1) is 0 Å². The number of thiazole rings is 1. The molecule has 0 saturated heterocycles.